The van der Waals surface area contributed by atoms with Crippen LogP contribution in [0.2, 0.25) is 0 Å². The number of unbranched alkanes of at least 4 members (excludes halogenated alkanes) is 10. The molecule has 0 radical (unpaired) electrons. The summed E-state index contributed by atoms with van der Waals surface area (Å²) in [6.07, 6.45) is 17.1. The van der Waals surface area contributed by atoms with E-state index in [4.69, 9.17) is 0 Å². The van der Waals surface area contributed by atoms with Gasteiger partial charge in [-0.15, -0.1) is 0 Å². The summed E-state index contributed by atoms with van der Waals surface area (Å²) in [5.41, 5.74) is 0. The summed E-state index contributed by atoms with van der Waals surface area (Å²) in [5.74, 6) is 0. The van der Waals surface area contributed by atoms with E-state index >= 15 is 0 Å². The van der Waals surface area contributed by atoms with Crippen LogP contribution in [0.3, 0.4) is 0 Å². The van der Waals surface area contributed by atoms with Gasteiger partial charge in [0.25, 0.3) is 0 Å². The molecule has 0 aromatic carbocycles. The van der Waals surface area contributed by atoms with Gasteiger partial charge in [0.2, 0.25) is 0 Å². The van der Waals surface area contributed by atoms with Crippen molar-refractivity contribution < 1.29 is 12.9 Å². The molecule has 1 atom stereocenters. The average molecular weight is 275 g/mol. The van der Waals surface area contributed by atoms with Gasteiger partial charge in [0.15, 0.2) is 0 Å². The standard InChI is InChI=1S/C14H28O3S/c1-2-3-4-5-6-7-8-9-10-11-12-13-14-17-18(15)16/h13-14H,2-12H2,1H3,(H,15,16)/p-1. The smallest absolute Gasteiger partial charge is 0.138 e. The molecule has 0 spiro atoms. The fourth-order valence-electron chi connectivity index (χ4n) is 1.90. The first kappa shape index (κ1) is 17.6. The van der Waals surface area contributed by atoms with Crippen LogP contribution in [0, 0.1) is 0 Å². The Balaban J connectivity index is 3.03. The molecule has 0 N–H and O–H groups in total. The van der Waals surface area contributed by atoms with E-state index in [1.54, 1.807) is 6.08 Å². The molecule has 0 fully saturated rings. The SMILES string of the molecule is CCCCCCCCCCCCC=COS(=O)[O-]. The quantitative estimate of drug-likeness (QED) is 0.280. The van der Waals surface area contributed by atoms with Gasteiger partial charge in [-0.1, -0.05) is 64.7 Å². The van der Waals surface area contributed by atoms with Crippen LogP contribution in [-0.2, 0) is 15.5 Å². The highest BCUT2D eigenvalue weighted by Gasteiger charge is 1.91. The van der Waals surface area contributed by atoms with E-state index in [-0.39, 0.29) is 0 Å². The molecular weight excluding hydrogens is 248 g/mol. The molecule has 0 aliphatic carbocycles. The minimum Gasteiger partial charge on any atom is -0.740 e. The van der Waals surface area contributed by atoms with Crippen LogP contribution in [0.5, 0.6) is 0 Å². The van der Waals surface area contributed by atoms with Gasteiger partial charge in [-0.25, -0.2) is 4.21 Å². The number of rotatable bonds is 13. The Hall–Kier alpha value is -0.350. The van der Waals surface area contributed by atoms with Crippen molar-refractivity contribution in [2.75, 3.05) is 0 Å². The zero-order chi connectivity index (χ0) is 13.5. The molecule has 18 heavy (non-hydrogen) atoms. The van der Waals surface area contributed by atoms with Gasteiger partial charge in [-0.3, -0.25) is 0 Å². The molecule has 0 aromatic heterocycles. The van der Waals surface area contributed by atoms with Crippen LogP contribution in [0.25, 0.3) is 0 Å². The zero-order valence-corrected chi connectivity index (χ0v) is 12.4. The summed E-state index contributed by atoms with van der Waals surface area (Å²) in [4.78, 5) is 0. The molecule has 0 aliphatic rings. The molecule has 3 nitrogen and oxygen atoms in total. The van der Waals surface area contributed by atoms with E-state index in [0.29, 0.717) is 0 Å². The van der Waals surface area contributed by atoms with Crippen molar-refractivity contribution in [3.63, 3.8) is 0 Å². The second-order valence-corrected chi connectivity index (χ2v) is 5.24. The summed E-state index contributed by atoms with van der Waals surface area (Å²) in [6, 6.07) is 0. The number of hydrogen-bond acceptors (Lipinski definition) is 3. The highest BCUT2D eigenvalue weighted by Crippen LogP contribution is 2.11. The van der Waals surface area contributed by atoms with Crippen molar-refractivity contribution in [2.45, 2.75) is 77.6 Å². The number of allylic oxidation sites excluding steroid dienone is 1. The molecular formula is C14H27O3S-. The van der Waals surface area contributed by atoms with Crippen LogP contribution in [0.15, 0.2) is 12.3 Å². The van der Waals surface area contributed by atoms with Crippen LogP contribution in [0.1, 0.15) is 77.6 Å². The third-order valence-electron chi connectivity index (χ3n) is 2.95. The maximum atomic E-state index is 10.0. The van der Waals surface area contributed by atoms with Crippen molar-refractivity contribution in [1.82, 2.24) is 0 Å². The second kappa shape index (κ2) is 14.7. The lowest BCUT2D eigenvalue weighted by Gasteiger charge is -2.02. The van der Waals surface area contributed by atoms with Gasteiger partial charge < -0.3 is 8.74 Å². The minimum absolute atomic E-state index is 0.897. The van der Waals surface area contributed by atoms with Crippen LogP contribution < -0.4 is 0 Å². The molecule has 0 saturated carbocycles. The number of hydrogen-bond donors (Lipinski definition) is 0. The topological polar surface area (TPSA) is 49.4 Å². The van der Waals surface area contributed by atoms with E-state index in [1.807, 2.05) is 0 Å². The summed E-state index contributed by atoms with van der Waals surface area (Å²) in [5, 5.41) is 0. The normalized spacial score (nSPS) is 13.0. The molecule has 1 unspecified atom stereocenters. The Morgan fingerprint density at radius 1 is 0.944 bits per heavy atom. The van der Waals surface area contributed by atoms with Crippen LogP contribution >= 0.6 is 0 Å². The predicted octanol–water partition coefficient (Wildman–Crippen LogP) is 4.62. The molecule has 0 aromatic rings. The van der Waals surface area contributed by atoms with Gasteiger partial charge in [0, 0.05) is 0 Å². The molecule has 108 valence electrons. The Bertz CT molecular complexity index is 217. The highest BCUT2D eigenvalue weighted by molar-refractivity contribution is 7.74. The van der Waals surface area contributed by atoms with E-state index in [2.05, 4.69) is 11.1 Å². The average Bonchev–Trinajstić information content (AvgIpc) is 2.34. The lowest BCUT2D eigenvalue weighted by molar-refractivity contribution is 0.404. The van der Waals surface area contributed by atoms with E-state index < -0.39 is 11.4 Å². The third kappa shape index (κ3) is 15.6. The lowest BCUT2D eigenvalue weighted by atomic mass is 10.1. The summed E-state index contributed by atoms with van der Waals surface area (Å²) < 4.78 is 24.3. The summed E-state index contributed by atoms with van der Waals surface area (Å²) in [7, 11) is 0. The van der Waals surface area contributed by atoms with E-state index in [0.717, 1.165) is 12.8 Å². The van der Waals surface area contributed by atoms with Crippen molar-refractivity contribution in [2.24, 2.45) is 0 Å². The Morgan fingerprint density at radius 2 is 1.44 bits per heavy atom. The van der Waals surface area contributed by atoms with Gasteiger partial charge >= 0.3 is 0 Å². The minimum atomic E-state index is -2.42. The van der Waals surface area contributed by atoms with Crippen LogP contribution in [0.4, 0.5) is 0 Å². The Kier molecular flexibility index (Phi) is 14.4. The fraction of sp³-hybridized carbons (Fsp3) is 0.857. The van der Waals surface area contributed by atoms with Crippen molar-refractivity contribution in [1.29, 1.82) is 0 Å². The fourth-order valence-corrected chi connectivity index (χ4v) is 2.07. The van der Waals surface area contributed by atoms with E-state index in [1.165, 1.54) is 64.0 Å². The molecule has 0 rings (SSSR count). The monoisotopic (exact) mass is 275 g/mol. The van der Waals surface area contributed by atoms with E-state index in [9.17, 15) is 8.76 Å². The predicted molar refractivity (Wildman–Crippen MR) is 75.6 cm³/mol. The van der Waals surface area contributed by atoms with Crippen LogP contribution in [-0.4, -0.2) is 8.76 Å². The third-order valence-corrected chi connectivity index (χ3v) is 3.22. The highest BCUT2D eigenvalue weighted by atomic mass is 32.2. The van der Waals surface area contributed by atoms with Crippen molar-refractivity contribution in [3.8, 4) is 0 Å². The molecule has 0 heterocycles. The molecule has 0 amide bonds. The van der Waals surface area contributed by atoms with Crippen molar-refractivity contribution >= 4 is 11.4 Å². The van der Waals surface area contributed by atoms with Gasteiger partial charge in [0.1, 0.15) is 11.4 Å². The second-order valence-electron chi connectivity index (χ2n) is 4.64. The molecule has 0 bridgehead atoms. The Morgan fingerprint density at radius 3 is 1.94 bits per heavy atom. The lowest BCUT2D eigenvalue weighted by Crippen LogP contribution is -1.86. The van der Waals surface area contributed by atoms with Gasteiger partial charge in [-0.2, -0.15) is 0 Å². The first-order chi connectivity index (χ1) is 8.77. The van der Waals surface area contributed by atoms with Crippen molar-refractivity contribution in [3.05, 3.63) is 12.3 Å². The Labute approximate surface area is 114 Å². The molecule has 0 saturated heterocycles. The zero-order valence-electron chi connectivity index (χ0n) is 11.6. The summed E-state index contributed by atoms with van der Waals surface area (Å²) >= 11 is -2.42. The maximum absolute atomic E-state index is 10.0. The largest absolute Gasteiger partial charge is 0.740 e. The summed E-state index contributed by atoms with van der Waals surface area (Å²) in [6.45, 7) is 2.24. The maximum Gasteiger partial charge on any atom is 0.138 e. The van der Waals surface area contributed by atoms with Gasteiger partial charge in [-0.05, 0) is 18.9 Å². The molecule has 4 heteroatoms. The van der Waals surface area contributed by atoms with Gasteiger partial charge in [0.05, 0.1) is 6.26 Å². The first-order valence-corrected chi connectivity index (χ1v) is 8.18. The first-order valence-electron chi connectivity index (χ1n) is 7.18. The molecule has 0 aliphatic heterocycles.